The second kappa shape index (κ2) is 9.27. The minimum atomic E-state index is -0.396. The smallest absolute Gasteiger partial charge is 0.321 e. The van der Waals surface area contributed by atoms with E-state index >= 15 is 0 Å². The number of nitrogens with one attached hydrogen (secondary N) is 2. The highest BCUT2D eigenvalue weighted by atomic mass is 16.2. The van der Waals surface area contributed by atoms with Crippen molar-refractivity contribution >= 4 is 17.6 Å². The Morgan fingerprint density at radius 3 is 2.58 bits per heavy atom. The normalized spacial score (nSPS) is 15.2. The number of benzene rings is 1. The van der Waals surface area contributed by atoms with Crippen LogP contribution < -0.4 is 15.5 Å². The molecule has 0 saturated carbocycles. The summed E-state index contributed by atoms with van der Waals surface area (Å²) in [5.74, 6) is -0.243. The zero-order valence-corrected chi connectivity index (χ0v) is 14.7. The first-order valence-corrected chi connectivity index (χ1v) is 8.70. The van der Waals surface area contributed by atoms with Gasteiger partial charge in [0.25, 0.3) is 0 Å². The fourth-order valence-electron chi connectivity index (χ4n) is 2.78. The van der Waals surface area contributed by atoms with Crippen LogP contribution in [0.4, 0.5) is 10.5 Å². The predicted octanol–water partition coefficient (Wildman–Crippen LogP) is 1.74. The van der Waals surface area contributed by atoms with Gasteiger partial charge in [-0.3, -0.25) is 15.0 Å². The summed E-state index contributed by atoms with van der Waals surface area (Å²) in [5, 5.41) is 5.08. The molecule has 24 heavy (non-hydrogen) atoms. The number of rotatable bonds is 6. The average molecular weight is 332 g/mol. The van der Waals surface area contributed by atoms with Crippen LogP contribution in [-0.2, 0) is 4.79 Å². The highest BCUT2D eigenvalue weighted by molar-refractivity contribution is 5.95. The molecule has 6 heteroatoms. The van der Waals surface area contributed by atoms with Crippen LogP contribution in [0, 0.1) is 6.92 Å². The summed E-state index contributed by atoms with van der Waals surface area (Å²) >= 11 is 0. The lowest BCUT2D eigenvalue weighted by atomic mass is 10.2. The van der Waals surface area contributed by atoms with Gasteiger partial charge >= 0.3 is 6.03 Å². The Bertz CT molecular complexity index is 554. The molecule has 1 aliphatic rings. The van der Waals surface area contributed by atoms with Gasteiger partial charge in [0.1, 0.15) is 0 Å². The Labute approximate surface area is 144 Å². The largest absolute Gasteiger partial charge is 0.369 e. The Morgan fingerprint density at radius 2 is 1.92 bits per heavy atom. The van der Waals surface area contributed by atoms with E-state index in [1.165, 1.54) is 11.3 Å². The number of amides is 3. The predicted molar refractivity (Wildman–Crippen MR) is 96.3 cm³/mol. The van der Waals surface area contributed by atoms with E-state index in [1.807, 2.05) is 0 Å². The van der Waals surface area contributed by atoms with Crippen molar-refractivity contribution in [3.05, 3.63) is 29.8 Å². The standard InChI is InChI=1S/C18H28N4O2/c1-3-4-8-19-18(24)20-17(23)14-21-9-11-22(12-10-21)16-7-5-6-15(2)13-16/h5-7,13H,3-4,8-12,14H2,1-2H3,(H2,19,20,23,24). The first-order chi connectivity index (χ1) is 11.6. The van der Waals surface area contributed by atoms with Crippen molar-refractivity contribution in [2.24, 2.45) is 0 Å². The van der Waals surface area contributed by atoms with E-state index in [0.29, 0.717) is 6.54 Å². The maximum Gasteiger partial charge on any atom is 0.321 e. The summed E-state index contributed by atoms with van der Waals surface area (Å²) in [5.41, 5.74) is 2.48. The van der Waals surface area contributed by atoms with E-state index in [1.54, 1.807) is 0 Å². The van der Waals surface area contributed by atoms with Gasteiger partial charge in [-0.15, -0.1) is 0 Å². The van der Waals surface area contributed by atoms with Gasteiger partial charge in [-0.1, -0.05) is 25.5 Å². The van der Waals surface area contributed by atoms with Crippen LogP contribution in [0.1, 0.15) is 25.3 Å². The zero-order chi connectivity index (χ0) is 17.4. The number of urea groups is 1. The summed E-state index contributed by atoms with van der Waals surface area (Å²) < 4.78 is 0. The Kier molecular flexibility index (Phi) is 7.06. The molecule has 1 aliphatic heterocycles. The van der Waals surface area contributed by atoms with Crippen LogP contribution >= 0.6 is 0 Å². The highest BCUT2D eigenvalue weighted by Gasteiger charge is 2.20. The van der Waals surface area contributed by atoms with Crippen LogP contribution in [0.25, 0.3) is 0 Å². The Balaban J connectivity index is 1.70. The number of carbonyl (C=O) groups excluding carboxylic acids is 2. The van der Waals surface area contributed by atoms with Crippen LogP contribution in [0.5, 0.6) is 0 Å². The van der Waals surface area contributed by atoms with Crippen LogP contribution in [0.3, 0.4) is 0 Å². The number of nitrogens with zero attached hydrogens (tertiary/aromatic N) is 2. The molecule has 1 heterocycles. The lowest BCUT2D eigenvalue weighted by Gasteiger charge is -2.35. The Hall–Kier alpha value is -2.08. The molecule has 0 bridgehead atoms. The van der Waals surface area contributed by atoms with Gasteiger partial charge in [-0.05, 0) is 31.0 Å². The first kappa shape index (κ1) is 18.3. The lowest BCUT2D eigenvalue weighted by molar-refractivity contribution is -0.121. The molecule has 2 rings (SSSR count). The van der Waals surface area contributed by atoms with Gasteiger partial charge in [-0.25, -0.2) is 4.79 Å². The maximum atomic E-state index is 11.9. The van der Waals surface area contributed by atoms with Crippen molar-refractivity contribution in [1.82, 2.24) is 15.5 Å². The van der Waals surface area contributed by atoms with E-state index in [9.17, 15) is 9.59 Å². The van der Waals surface area contributed by atoms with Gasteiger partial charge in [0.15, 0.2) is 0 Å². The minimum Gasteiger partial charge on any atom is -0.369 e. The number of hydrogen-bond donors (Lipinski definition) is 2. The molecule has 1 aromatic rings. The molecule has 132 valence electrons. The van der Waals surface area contributed by atoms with E-state index in [2.05, 4.69) is 58.5 Å². The molecule has 3 amide bonds. The minimum absolute atomic E-state index is 0.243. The third-order valence-electron chi connectivity index (χ3n) is 4.18. The van der Waals surface area contributed by atoms with Crippen LogP contribution in [-0.4, -0.2) is 56.1 Å². The number of carbonyl (C=O) groups is 2. The molecule has 2 N–H and O–H groups in total. The van der Waals surface area contributed by atoms with Crippen molar-refractivity contribution in [3.8, 4) is 0 Å². The number of imide groups is 1. The molecule has 0 atom stereocenters. The summed E-state index contributed by atoms with van der Waals surface area (Å²) in [6.07, 6.45) is 1.93. The monoisotopic (exact) mass is 332 g/mol. The summed E-state index contributed by atoms with van der Waals surface area (Å²) in [6, 6.07) is 8.07. The van der Waals surface area contributed by atoms with E-state index < -0.39 is 6.03 Å². The summed E-state index contributed by atoms with van der Waals surface area (Å²) in [4.78, 5) is 27.9. The van der Waals surface area contributed by atoms with E-state index in [0.717, 1.165) is 39.0 Å². The van der Waals surface area contributed by atoms with E-state index in [-0.39, 0.29) is 12.5 Å². The van der Waals surface area contributed by atoms with E-state index in [4.69, 9.17) is 0 Å². The topological polar surface area (TPSA) is 64.7 Å². The van der Waals surface area contributed by atoms with Crippen LogP contribution in [0.2, 0.25) is 0 Å². The second-order valence-electron chi connectivity index (χ2n) is 6.26. The molecular formula is C18H28N4O2. The third kappa shape index (κ3) is 5.85. The third-order valence-corrected chi connectivity index (χ3v) is 4.18. The maximum absolute atomic E-state index is 11.9. The number of piperazine rings is 1. The number of anilines is 1. The zero-order valence-electron chi connectivity index (χ0n) is 14.7. The first-order valence-electron chi connectivity index (χ1n) is 8.70. The fourth-order valence-corrected chi connectivity index (χ4v) is 2.78. The molecule has 1 saturated heterocycles. The Morgan fingerprint density at radius 1 is 1.17 bits per heavy atom. The van der Waals surface area contributed by atoms with Gasteiger partial charge in [-0.2, -0.15) is 0 Å². The average Bonchev–Trinajstić information content (AvgIpc) is 2.55. The van der Waals surface area contributed by atoms with Gasteiger partial charge in [0.05, 0.1) is 6.54 Å². The van der Waals surface area contributed by atoms with Gasteiger partial charge in [0.2, 0.25) is 5.91 Å². The molecule has 0 radical (unpaired) electrons. The molecule has 0 aromatic heterocycles. The summed E-state index contributed by atoms with van der Waals surface area (Å²) in [6.45, 7) is 8.43. The molecule has 1 aromatic carbocycles. The van der Waals surface area contributed by atoms with Crippen molar-refractivity contribution in [2.75, 3.05) is 44.2 Å². The van der Waals surface area contributed by atoms with Gasteiger partial charge in [0, 0.05) is 38.4 Å². The second-order valence-corrected chi connectivity index (χ2v) is 6.26. The van der Waals surface area contributed by atoms with Crippen molar-refractivity contribution in [2.45, 2.75) is 26.7 Å². The fraction of sp³-hybridized carbons (Fsp3) is 0.556. The van der Waals surface area contributed by atoms with Crippen molar-refractivity contribution < 1.29 is 9.59 Å². The lowest BCUT2D eigenvalue weighted by Crippen LogP contribution is -2.51. The molecule has 1 fully saturated rings. The number of hydrogen-bond acceptors (Lipinski definition) is 4. The SMILES string of the molecule is CCCCNC(=O)NC(=O)CN1CCN(c2cccc(C)c2)CC1. The number of unbranched alkanes of at least 4 members (excludes halogenated alkanes) is 1. The number of aryl methyl sites for hydroxylation is 1. The summed E-state index contributed by atoms with van der Waals surface area (Å²) in [7, 11) is 0. The molecular weight excluding hydrogens is 304 g/mol. The molecule has 0 aliphatic carbocycles. The van der Waals surface area contributed by atoms with Gasteiger partial charge < -0.3 is 10.2 Å². The molecule has 0 spiro atoms. The molecule has 6 nitrogen and oxygen atoms in total. The highest BCUT2D eigenvalue weighted by Crippen LogP contribution is 2.17. The molecule has 0 unspecified atom stereocenters. The van der Waals surface area contributed by atoms with Crippen LogP contribution in [0.15, 0.2) is 24.3 Å². The van der Waals surface area contributed by atoms with Crippen molar-refractivity contribution in [1.29, 1.82) is 0 Å². The quantitative estimate of drug-likeness (QED) is 0.779. The van der Waals surface area contributed by atoms with Crippen molar-refractivity contribution in [3.63, 3.8) is 0 Å².